The molecule has 94 valence electrons. The molecule has 17 heavy (non-hydrogen) atoms. The molecular formula is C16H23Cl. The van der Waals surface area contributed by atoms with Crippen LogP contribution in [0.25, 0.3) is 0 Å². The number of benzene rings is 1. The summed E-state index contributed by atoms with van der Waals surface area (Å²) in [5, 5.41) is 0.354. The lowest BCUT2D eigenvalue weighted by molar-refractivity contribution is 0.419. The van der Waals surface area contributed by atoms with E-state index in [1.54, 1.807) is 5.56 Å². The Labute approximate surface area is 110 Å². The van der Waals surface area contributed by atoms with Crippen molar-refractivity contribution in [2.45, 2.75) is 63.2 Å². The molecule has 1 atom stereocenters. The van der Waals surface area contributed by atoms with E-state index in [1.165, 1.54) is 31.2 Å². The van der Waals surface area contributed by atoms with Crippen molar-refractivity contribution in [1.82, 2.24) is 0 Å². The molecule has 1 aliphatic rings. The molecule has 0 aliphatic heterocycles. The van der Waals surface area contributed by atoms with Crippen molar-refractivity contribution in [1.29, 1.82) is 0 Å². The van der Waals surface area contributed by atoms with E-state index in [0.29, 0.717) is 5.38 Å². The molecule has 0 saturated heterocycles. The third-order valence-electron chi connectivity index (χ3n) is 3.88. The molecular weight excluding hydrogens is 228 g/mol. The Morgan fingerprint density at radius 1 is 1.29 bits per heavy atom. The van der Waals surface area contributed by atoms with Gasteiger partial charge in [-0.3, -0.25) is 0 Å². The first kappa shape index (κ1) is 13.0. The molecule has 1 aromatic carbocycles. The lowest BCUT2D eigenvalue weighted by Gasteiger charge is -2.26. The summed E-state index contributed by atoms with van der Waals surface area (Å²) in [6.07, 6.45) is 8.77. The van der Waals surface area contributed by atoms with E-state index in [9.17, 15) is 0 Å². The van der Waals surface area contributed by atoms with Gasteiger partial charge in [0, 0.05) is 5.38 Å². The van der Waals surface area contributed by atoms with Crippen molar-refractivity contribution in [2.24, 2.45) is 0 Å². The minimum atomic E-state index is 0.354. The highest BCUT2D eigenvalue weighted by atomic mass is 35.5. The minimum absolute atomic E-state index is 0.354. The second kappa shape index (κ2) is 6.44. The summed E-state index contributed by atoms with van der Waals surface area (Å²) < 4.78 is 0. The molecule has 1 aromatic rings. The highest BCUT2D eigenvalue weighted by Gasteiger charge is 2.19. The average molecular weight is 251 g/mol. The number of halogens is 1. The molecule has 1 aliphatic carbocycles. The van der Waals surface area contributed by atoms with Crippen molar-refractivity contribution < 1.29 is 0 Å². The fourth-order valence-corrected chi connectivity index (χ4v) is 2.85. The van der Waals surface area contributed by atoms with Crippen LogP contribution < -0.4 is 0 Å². The van der Waals surface area contributed by atoms with Crippen molar-refractivity contribution in [3.8, 4) is 0 Å². The maximum absolute atomic E-state index is 6.27. The van der Waals surface area contributed by atoms with Gasteiger partial charge in [0.05, 0.1) is 0 Å². The summed E-state index contributed by atoms with van der Waals surface area (Å²) >= 11 is 6.27. The van der Waals surface area contributed by atoms with Crippen LogP contribution in [-0.4, -0.2) is 5.38 Å². The Balaban J connectivity index is 1.87. The Hall–Kier alpha value is -0.490. The predicted molar refractivity (Wildman–Crippen MR) is 75.9 cm³/mol. The van der Waals surface area contributed by atoms with Crippen LogP contribution in [0.15, 0.2) is 24.3 Å². The minimum Gasteiger partial charge on any atom is -0.123 e. The number of rotatable bonds is 6. The average Bonchev–Trinajstić information content (AvgIpc) is 2.25. The van der Waals surface area contributed by atoms with Gasteiger partial charge in [0.25, 0.3) is 0 Å². The maximum Gasteiger partial charge on any atom is 0.0339 e. The number of alkyl halides is 1. The van der Waals surface area contributed by atoms with E-state index in [-0.39, 0.29) is 0 Å². The van der Waals surface area contributed by atoms with E-state index in [1.807, 2.05) is 0 Å². The smallest absolute Gasteiger partial charge is 0.0339 e. The fourth-order valence-electron chi connectivity index (χ4n) is 2.52. The van der Waals surface area contributed by atoms with Gasteiger partial charge in [0.15, 0.2) is 0 Å². The quantitative estimate of drug-likeness (QED) is 0.602. The molecule has 0 amide bonds. The number of hydrogen-bond acceptors (Lipinski definition) is 0. The van der Waals surface area contributed by atoms with Crippen molar-refractivity contribution in [3.05, 3.63) is 35.4 Å². The highest BCUT2D eigenvalue weighted by Crippen LogP contribution is 2.36. The molecule has 1 unspecified atom stereocenters. The zero-order valence-corrected chi connectivity index (χ0v) is 11.5. The van der Waals surface area contributed by atoms with E-state index in [0.717, 1.165) is 25.2 Å². The fraction of sp³-hybridized carbons (Fsp3) is 0.625. The molecule has 1 heteroatoms. The molecule has 0 spiro atoms. The second-order valence-electron chi connectivity index (χ2n) is 5.30. The number of hydrogen-bond donors (Lipinski definition) is 0. The maximum atomic E-state index is 6.27. The van der Waals surface area contributed by atoms with Gasteiger partial charge < -0.3 is 0 Å². The highest BCUT2D eigenvalue weighted by molar-refractivity contribution is 6.20. The van der Waals surface area contributed by atoms with E-state index >= 15 is 0 Å². The van der Waals surface area contributed by atoms with Crippen molar-refractivity contribution >= 4 is 11.6 Å². The Kier molecular flexibility index (Phi) is 4.91. The Morgan fingerprint density at radius 3 is 2.76 bits per heavy atom. The standard InChI is InChI=1S/C16H23Cl/c1-2-5-16(17)11-10-13-6-3-9-15(12-13)14-7-4-8-14/h3,6,9,12,14,16H,2,4-5,7-8,10-11H2,1H3. The van der Waals surface area contributed by atoms with Crippen LogP contribution in [-0.2, 0) is 6.42 Å². The lowest BCUT2D eigenvalue weighted by Crippen LogP contribution is -2.09. The van der Waals surface area contributed by atoms with Gasteiger partial charge in [-0.15, -0.1) is 11.6 Å². The molecule has 0 heterocycles. The van der Waals surface area contributed by atoms with Crippen LogP contribution >= 0.6 is 11.6 Å². The SMILES string of the molecule is CCCC(Cl)CCc1cccc(C2CCC2)c1. The van der Waals surface area contributed by atoms with Gasteiger partial charge in [-0.25, -0.2) is 0 Å². The largest absolute Gasteiger partial charge is 0.123 e. The second-order valence-corrected chi connectivity index (χ2v) is 5.91. The van der Waals surface area contributed by atoms with Gasteiger partial charge in [-0.2, -0.15) is 0 Å². The molecule has 2 rings (SSSR count). The normalized spacial score (nSPS) is 17.8. The summed E-state index contributed by atoms with van der Waals surface area (Å²) in [5.41, 5.74) is 3.02. The van der Waals surface area contributed by atoms with Gasteiger partial charge in [0.2, 0.25) is 0 Å². The van der Waals surface area contributed by atoms with Crippen LogP contribution in [0.3, 0.4) is 0 Å². The van der Waals surface area contributed by atoms with Crippen molar-refractivity contribution in [3.63, 3.8) is 0 Å². The van der Waals surface area contributed by atoms with E-state index in [2.05, 4.69) is 31.2 Å². The topological polar surface area (TPSA) is 0 Å². The molecule has 0 aromatic heterocycles. The van der Waals surface area contributed by atoms with Crippen LogP contribution in [0.1, 0.15) is 62.5 Å². The first-order valence-electron chi connectivity index (χ1n) is 7.02. The van der Waals surface area contributed by atoms with Gasteiger partial charge in [-0.05, 0) is 49.1 Å². The summed E-state index contributed by atoms with van der Waals surface area (Å²) in [6.45, 7) is 2.20. The predicted octanol–water partition coefficient (Wildman–Crippen LogP) is 5.29. The van der Waals surface area contributed by atoms with Crippen LogP contribution in [0.5, 0.6) is 0 Å². The van der Waals surface area contributed by atoms with Crippen LogP contribution in [0, 0.1) is 0 Å². The monoisotopic (exact) mass is 250 g/mol. The Morgan fingerprint density at radius 2 is 2.12 bits per heavy atom. The first-order valence-corrected chi connectivity index (χ1v) is 7.46. The molecule has 0 radical (unpaired) electrons. The van der Waals surface area contributed by atoms with Gasteiger partial charge in [-0.1, -0.05) is 44.0 Å². The molecule has 0 nitrogen and oxygen atoms in total. The number of aryl methyl sites for hydroxylation is 1. The molecule has 0 N–H and O–H groups in total. The summed E-state index contributed by atoms with van der Waals surface area (Å²) in [4.78, 5) is 0. The first-order chi connectivity index (χ1) is 8.29. The zero-order chi connectivity index (χ0) is 12.1. The lowest BCUT2D eigenvalue weighted by atomic mass is 9.79. The van der Waals surface area contributed by atoms with Gasteiger partial charge in [0.1, 0.15) is 0 Å². The van der Waals surface area contributed by atoms with E-state index in [4.69, 9.17) is 11.6 Å². The zero-order valence-electron chi connectivity index (χ0n) is 10.8. The van der Waals surface area contributed by atoms with Gasteiger partial charge >= 0.3 is 0 Å². The molecule has 1 saturated carbocycles. The molecule has 1 fully saturated rings. The van der Waals surface area contributed by atoms with Crippen molar-refractivity contribution in [2.75, 3.05) is 0 Å². The van der Waals surface area contributed by atoms with Crippen LogP contribution in [0.2, 0.25) is 0 Å². The third kappa shape index (κ3) is 3.74. The van der Waals surface area contributed by atoms with Crippen LogP contribution in [0.4, 0.5) is 0 Å². The third-order valence-corrected chi connectivity index (χ3v) is 4.31. The summed E-state index contributed by atoms with van der Waals surface area (Å²) in [5.74, 6) is 0.845. The summed E-state index contributed by atoms with van der Waals surface area (Å²) in [7, 11) is 0. The summed E-state index contributed by atoms with van der Waals surface area (Å²) in [6, 6.07) is 9.15. The molecule has 0 bridgehead atoms. The Bertz CT molecular complexity index is 341. The van der Waals surface area contributed by atoms with E-state index < -0.39 is 0 Å².